The number of imidazole rings is 2. The molecule has 0 aliphatic carbocycles. The molecular weight excluding hydrogens is 409 g/mol. The smallest absolute Gasteiger partial charge is 0.307 e. The first-order chi connectivity index (χ1) is 15.4. The highest BCUT2D eigenvalue weighted by Crippen LogP contribution is 2.25. The maximum absolute atomic E-state index is 13.4. The highest BCUT2D eigenvalue weighted by Gasteiger charge is 2.22. The van der Waals surface area contributed by atoms with Crippen molar-refractivity contribution in [3.8, 4) is 0 Å². The number of halogens is 1. The van der Waals surface area contributed by atoms with E-state index in [1.807, 2.05) is 31.3 Å². The van der Waals surface area contributed by atoms with Gasteiger partial charge >= 0.3 is 5.69 Å². The Bertz CT molecular complexity index is 1570. The zero-order valence-electron chi connectivity index (χ0n) is 18.0. The number of aryl methyl sites for hydroxylation is 2. The average Bonchev–Trinajstić information content (AvgIpc) is 3.31. The van der Waals surface area contributed by atoms with Gasteiger partial charge in [-0.05, 0) is 37.1 Å². The van der Waals surface area contributed by atoms with Crippen LogP contribution in [-0.2, 0) is 13.6 Å². The molecule has 0 bridgehead atoms. The second kappa shape index (κ2) is 7.33. The maximum atomic E-state index is 13.4. The van der Waals surface area contributed by atoms with Crippen LogP contribution in [0.1, 0.15) is 29.8 Å². The summed E-state index contributed by atoms with van der Waals surface area (Å²) in [5, 5.41) is 0. The van der Waals surface area contributed by atoms with E-state index in [9.17, 15) is 14.0 Å². The molecule has 162 valence electrons. The normalized spacial score (nSPS) is 12.6. The lowest BCUT2D eigenvalue weighted by Gasteiger charge is -2.16. The maximum Gasteiger partial charge on any atom is 0.332 e. The van der Waals surface area contributed by atoms with Gasteiger partial charge in [0, 0.05) is 18.9 Å². The van der Waals surface area contributed by atoms with Crippen molar-refractivity contribution < 1.29 is 4.39 Å². The van der Waals surface area contributed by atoms with E-state index < -0.39 is 11.2 Å². The fourth-order valence-electron chi connectivity index (χ4n) is 4.30. The minimum absolute atomic E-state index is 0.0102. The summed E-state index contributed by atoms with van der Waals surface area (Å²) in [5.41, 5.74) is 2.51. The van der Waals surface area contributed by atoms with Crippen molar-refractivity contribution in [2.24, 2.45) is 7.05 Å². The third kappa shape index (κ3) is 2.98. The molecule has 0 saturated carbocycles. The summed E-state index contributed by atoms with van der Waals surface area (Å²) < 4.78 is 19.6. The van der Waals surface area contributed by atoms with E-state index in [1.54, 1.807) is 23.6 Å². The molecule has 0 spiro atoms. The third-order valence-electron chi connectivity index (χ3n) is 5.99. The predicted octanol–water partition coefficient (Wildman–Crippen LogP) is 3.25. The second-order valence-electron chi connectivity index (χ2n) is 8.04. The van der Waals surface area contributed by atoms with Crippen LogP contribution < -0.4 is 11.2 Å². The van der Waals surface area contributed by atoms with Crippen LogP contribution in [0.5, 0.6) is 0 Å². The zero-order valence-corrected chi connectivity index (χ0v) is 18.0. The first-order valence-electron chi connectivity index (χ1n) is 10.4. The molecule has 8 heteroatoms. The number of nitrogens with zero attached hydrogens (tertiary/aromatic N) is 5. The molecule has 0 fully saturated rings. The standard InChI is InChI=1S/C24H22FN5O2/c1-15-13-28-20-21(26-23(28)30(15)16(2)18-7-5-4-6-8-18)27(3)24(32)29(22(20)31)14-17-9-11-19(25)12-10-17/h4-13,16H,14H2,1-3H3/t16-/m1/s1. The summed E-state index contributed by atoms with van der Waals surface area (Å²) >= 11 is 0. The monoisotopic (exact) mass is 431 g/mol. The number of hydrogen-bond acceptors (Lipinski definition) is 3. The van der Waals surface area contributed by atoms with E-state index in [1.165, 1.54) is 16.7 Å². The van der Waals surface area contributed by atoms with Crippen LogP contribution >= 0.6 is 0 Å². The van der Waals surface area contributed by atoms with Gasteiger partial charge in [-0.1, -0.05) is 42.5 Å². The molecular formula is C24H22FN5O2. The van der Waals surface area contributed by atoms with Gasteiger partial charge in [-0.25, -0.2) is 9.18 Å². The summed E-state index contributed by atoms with van der Waals surface area (Å²) in [6, 6.07) is 15.8. The molecule has 1 atom stereocenters. The molecule has 0 radical (unpaired) electrons. The Hall–Kier alpha value is -3.94. The van der Waals surface area contributed by atoms with Gasteiger partial charge < -0.3 is 4.57 Å². The Balaban J connectivity index is 1.74. The Morgan fingerprint density at radius 2 is 1.72 bits per heavy atom. The Morgan fingerprint density at radius 1 is 1.03 bits per heavy atom. The van der Waals surface area contributed by atoms with Crippen molar-refractivity contribution in [3.63, 3.8) is 0 Å². The molecule has 0 aliphatic heterocycles. The summed E-state index contributed by atoms with van der Waals surface area (Å²) in [6.07, 6.45) is 1.87. The van der Waals surface area contributed by atoms with Crippen molar-refractivity contribution >= 4 is 16.9 Å². The quantitative estimate of drug-likeness (QED) is 0.439. The van der Waals surface area contributed by atoms with Crippen molar-refractivity contribution in [1.82, 2.24) is 23.1 Å². The molecule has 0 unspecified atom stereocenters. The van der Waals surface area contributed by atoms with Gasteiger partial charge in [-0.15, -0.1) is 0 Å². The Labute approximate surface area is 182 Å². The molecule has 0 N–H and O–H groups in total. The highest BCUT2D eigenvalue weighted by molar-refractivity contribution is 5.75. The van der Waals surface area contributed by atoms with Crippen molar-refractivity contribution in [2.75, 3.05) is 0 Å². The SMILES string of the molecule is Cc1cn2c3c(=O)n(Cc4ccc(F)cc4)c(=O)n(C)c3nc2n1[C@H](C)c1ccccc1. The summed E-state index contributed by atoms with van der Waals surface area (Å²) in [4.78, 5) is 31.1. The summed E-state index contributed by atoms with van der Waals surface area (Å²) in [6.45, 7) is 4.10. The van der Waals surface area contributed by atoms with E-state index in [2.05, 4.69) is 28.6 Å². The zero-order chi connectivity index (χ0) is 22.6. The largest absolute Gasteiger partial charge is 0.332 e. The molecule has 2 aromatic carbocycles. The van der Waals surface area contributed by atoms with E-state index in [0.29, 0.717) is 22.5 Å². The van der Waals surface area contributed by atoms with Gasteiger partial charge in [0.1, 0.15) is 5.82 Å². The lowest BCUT2D eigenvalue weighted by molar-refractivity contribution is 0.623. The minimum Gasteiger partial charge on any atom is -0.307 e. The number of benzene rings is 2. The van der Waals surface area contributed by atoms with Crippen molar-refractivity contribution in [1.29, 1.82) is 0 Å². The van der Waals surface area contributed by atoms with Gasteiger partial charge in [0.15, 0.2) is 11.2 Å². The van der Waals surface area contributed by atoms with Crippen molar-refractivity contribution in [3.05, 3.63) is 104 Å². The van der Waals surface area contributed by atoms with Crippen LogP contribution in [0.2, 0.25) is 0 Å². The van der Waals surface area contributed by atoms with Crippen LogP contribution in [-0.4, -0.2) is 23.1 Å². The fourth-order valence-corrected chi connectivity index (χ4v) is 4.30. The van der Waals surface area contributed by atoms with Crippen LogP contribution in [0.15, 0.2) is 70.4 Å². The van der Waals surface area contributed by atoms with Gasteiger partial charge in [-0.3, -0.25) is 18.3 Å². The third-order valence-corrected chi connectivity index (χ3v) is 5.99. The van der Waals surface area contributed by atoms with Crippen LogP contribution in [0.4, 0.5) is 4.39 Å². The van der Waals surface area contributed by atoms with Gasteiger partial charge in [0.2, 0.25) is 5.78 Å². The van der Waals surface area contributed by atoms with Gasteiger partial charge in [-0.2, -0.15) is 4.98 Å². The van der Waals surface area contributed by atoms with E-state index >= 15 is 0 Å². The van der Waals surface area contributed by atoms with Gasteiger partial charge in [0.25, 0.3) is 5.56 Å². The van der Waals surface area contributed by atoms with Gasteiger partial charge in [0.05, 0.1) is 12.6 Å². The lowest BCUT2D eigenvalue weighted by atomic mass is 10.1. The number of fused-ring (bicyclic) bond motifs is 3. The van der Waals surface area contributed by atoms with Crippen LogP contribution in [0, 0.1) is 12.7 Å². The van der Waals surface area contributed by atoms with Crippen LogP contribution in [0.25, 0.3) is 16.9 Å². The summed E-state index contributed by atoms with van der Waals surface area (Å²) in [7, 11) is 1.61. The number of hydrogen-bond donors (Lipinski definition) is 0. The van der Waals surface area contributed by atoms with Crippen LogP contribution in [0.3, 0.4) is 0 Å². The number of aromatic nitrogens is 5. The molecule has 0 saturated heterocycles. The first kappa shape index (κ1) is 20.0. The predicted molar refractivity (Wildman–Crippen MR) is 121 cm³/mol. The first-order valence-corrected chi connectivity index (χ1v) is 10.4. The minimum atomic E-state index is -0.466. The Morgan fingerprint density at radius 3 is 2.41 bits per heavy atom. The Kier molecular flexibility index (Phi) is 4.58. The molecule has 0 aliphatic rings. The highest BCUT2D eigenvalue weighted by atomic mass is 19.1. The molecule has 7 nitrogen and oxygen atoms in total. The second-order valence-corrected chi connectivity index (χ2v) is 8.04. The van der Waals surface area contributed by atoms with E-state index in [0.717, 1.165) is 15.8 Å². The lowest BCUT2D eigenvalue weighted by Crippen LogP contribution is -2.39. The molecule has 32 heavy (non-hydrogen) atoms. The molecule has 0 amide bonds. The molecule has 3 heterocycles. The molecule has 5 aromatic rings. The number of rotatable bonds is 4. The fraction of sp³-hybridized carbons (Fsp3) is 0.208. The molecule has 5 rings (SSSR count). The summed E-state index contributed by atoms with van der Waals surface area (Å²) in [5.74, 6) is 0.229. The average molecular weight is 431 g/mol. The van der Waals surface area contributed by atoms with E-state index in [-0.39, 0.29) is 18.4 Å². The molecule has 3 aromatic heterocycles. The topological polar surface area (TPSA) is 66.2 Å². The van der Waals surface area contributed by atoms with Crippen molar-refractivity contribution in [2.45, 2.75) is 26.4 Å². The van der Waals surface area contributed by atoms with E-state index in [4.69, 9.17) is 0 Å².